The molecule has 18 heavy (non-hydrogen) atoms. The van der Waals surface area contributed by atoms with Gasteiger partial charge in [-0.1, -0.05) is 23.9 Å². The molecule has 0 radical (unpaired) electrons. The summed E-state index contributed by atoms with van der Waals surface area (Å²) in [5, 5.41) is 3.98. The Hall–Kier alpha value is -1.46. The molecule has 0 bridgehead atoms. The van der Waals surface area contributed by atoms with Crippen molar-refractivity contribution in [1.29, 1.82) is 0 Å². The van der Waals surface area contributed by atoms with Gasteiger partial charge in [-0.15, -0.1) is 0 Å². The molecule has 1 atom stereocenters. The lowest BCUT2D eigenvalue weighted by atomic mass is 10.1. The van der Waals surface area contributed by atoms with Crippen LogP contribution in [-0.2, 0) is 0 Å². The molecule has 5 heteroatoms. The van der Waals surface area contributed by atoms with Gasteiger partial charge in [0.25, 0.3) is 5.22 Å². The molecule has 0 fully saturated rings. The van der Waals surface area contributed by atoms with Crippen molar-refractivity contribution < 1.29 is 9.15 Å². The van der Waals surface area contributed by atoms with Crippen molar-refractivity contribution in [2.75, 3.05) is 19.9 Å². The van der Waals surface area contributed by atoms with Gasteiger partial charge in [-0.05, 0) is 24.7 Å². The quantitative estimate of drug-likeness (QED) is 0.813. The summed E-state index contributed by atoms with van der Waals surface area (Å²) in [4.78, 5) is 4.09. The van der Waals surface area contributed by atoms with Crippen molar-refractivity contribution in [2.24, 2.45) is 0 Å². The number of hydrogen-bond donors (Lipinski definition) is 1. The monoisotopic (exact) mass is 264 g/mol. The average molecular weight is 264 g/mol. The maximum absolute atomic E-state index is 5.23. The first kappa shape index (κ1) is 13.0. The Balaban J connectivity index is 2.03. The average Bonchev–Trinajstić information content (AvgIpc) is 2.93. The molecule has 0 aliphatic rings. The van der Waals surface area contributed by atoms with Crippen molar-refractivity contribution >= 4 is 11.8 Å². The highest BCUT2D eigenvalue weighted by Gasteiger charge is 2.11. The predicted octanol–water partition coefficient (Wildman–Crippen LogP) is 2.74. The van der Waals surface area contributed by atoms with Crippen LogP contribution in [0.1, 0.15) is 11.6 Å². The van der Waals surface area contributed by atoms with Crippen LogP contribution in [0.15, 0.2) is 46.4 Å². The molecular weight excluding hydrogens is 248 g/mol. The minimum atomic E-state index is 0.233. The highest BCUT2D eigenvalue weighted by Crippen LogP contribution is 2.25. The first-order valence-corrected chi connectivity index (χ1v) is 6.65. The van der Waals surface area contributed by atoms with E-state index in [9.17, 15) is 0 Å². The van der Waals surface area contributed by atoms with Crippen LogP contribution in [0.25, 0.3) is 0 Å². The molecule has 1 N–H and O–H groups in total. The van der Waals surface area contributed by atoms with E-state index in [0.29, 0.717) is 5.22 Å². The molecule has 96 valence electrons. The fraction of sp³-hybridized carbons (Fsp3) is 0.308. The molecule has 0 saturated heterocycles. The Morgan fingerprint density at radius 3 is 3.06 bits per heavy atom. The molecule has 2 aromatic rings. The minimum absolute atomic E-state index is 0.233. The maximum Gasteiger partial charge on any atom is 0.255 e. The second-order valence-corrected chi connectivity index (χ2v) is 4.70. The lowest BCUT2D eigenvalue weighted by Crippen LogP contribution is -2.18. The Labute approximate surface area is 111 Å². The van der Waals surface area contributed by atoms with E-state index < -0.39 is 0 Å². The molecule has 0 aliphatic carbocycles. The standard InChI is InChI=1S/C13H16N2O2S/c1-14-12(9-18-13-15-6-7-17-13)10-4-3-5-11(8-10)16-2/h3-8,12,14H,9H2,1-2H3. The van der Waals surface area contributed by atoms with Crippen LogP contribution in [0.5, 0.6) is 5.75 Å². The number of methoxy groups -OCH3 is 1. The van der Waals surface area contributed by atoms with E-state index in [4.69, 9.17) is 9.15 Å². The molecule has 1 unspecified atom stereocenters. The Kier molecular flexibility index (Phi) is 4.66. The molecular formula is C13H16N2O2S. The fourth-order valence-corrected chi connectivity index (χ4v) is 2.57. The summed E-state index contributed by atoms with van der Waals surface area (Å²) in [7, 11) is 3.62. The number of ether oxygens (including phenoxy) is 1. The first-order chi connectivity index (χ1) is 8.83. The lowest BCUT2D eigenvalue weighted by molar-refractivity contribution is 0.413. The third-order valence-electron chi connectivity index (χ3n) is 2.63. The number of nitrogens with one attached hydrogen (secondary N) is 1. The van der Waals surface area contributed by atoms with E-state index in [2.05, 4.69) is 16.4 Å². The zero-order valence-corrected chi connectivity index (χ0v) is 11.2. The summed E-state index contributed by atoms with van der Waals surface area (Å²) in [6.07, 6.45) is 3.24. The number of thioether (sulfide) groups is 1. The number of hydrogen-bond acceptors (Lipinski definition) is 5. The van der Waals surface area contributed by atoms with Gasteiger partial charge in [-0.3, -0.25) is 0 Å². The van der Waals surface area contributed by atoms with Gasteiger partial charge in [-0.2, -0.15) is 0 Å². The zero-order chi connectivity index (χ0) is 12.8. The summed E-state index contributed by atoms with van der Waals surface area (Å²) < 4.78 is 10.4. The molecule has 0 aliphatic heterocycles. The highest BCUT2D eigenvalue weighted by molar-refractivity contribution is 7.99. The zero-order valence-electron chi connectivity index (χ0n) is 10.4. The van der Waals surface area contributed by atoms with Crippen LogP contribution in [0.3, 0.4) is 0 Å². The van der Waals surface area contributed by atoms with Crippen molar-refractivity contribution in [3.63, 3.8) is 0 Å². The molecule has 1 heterocycles. The van der Waals surface area contributed by atoms with Crippen LogP contribution >= 0.6 is 11.8 Å². The van der Waals surface area contributed by atoms with Gasteiger partial charge in [0.15, 0.2) is 0 Å². The molecule has 0 saturated carbocycles. The molecule has 1 aromatic carbocycles. The normalized spacial score (nSPS) is 12.3. The smallest absolute Gasteiger partial charge is 0.255 e. The Morgan fingerprint density at radius 1 is 1.50 bits per heavy atom. The summed E-state index contributed by atoms with van der Waals surface area (Å²) >= 11 is 1.59. The summed E-state index contributed by atoms with van der Waals surface area (Å²) in [6, 6.07) is 8.29. The van der Waals surface area contributed by atoms with E-state index in [1.165, 1.54) is 5.56 Å². The predicted molar refractivity (Wildman–Crippen MR) is 72.0 cm³/mol. The maximum atomic E-state index is 5.23. The van der Waals surface area contributed by atoms with Gasteiger partial charge in [0.2, 0.25) is 0 Å². The lowest BCUT2D eigenvalue weighted by Gasteiger charge is -2.16. The summed E-state index contributed by atoms with van der Waals surface area (Å²) in [6.45, 7) is 0. The third-order valence-corrected chi connectivity index (χ3v) is 3.58. The fourth-order valence-electron chi connectivity index (χ4n) is 1.64. The number of nitrogens with zero attached hydrogens (tertiary/aromatic N) is 1. The van der Waals surface area contributed by atoms with Crippen molar-refractivity contribution in [3.05, 3.63) is 42.3 Å². The first-order valence-electron chi connectivity index (χ1n) is 5.67. The number of rotatable bonds is 6. The van der Waals surface area contributed by atoms with E-state index >= 15 is 0 Å². The molecule has 0 amide bonds. The number of oxazole rings is 1. The van der Waals surface area contributed by atoms with Gasteiger partial charge < -0.3 is 14.5 Å². The topological polar surface area (TPSA) is 47.3 Å². The summed E-state index contributed by atoms with van der Waals surface area (Å²) in [5.74, 6) is 1.72. The van der Waals surface area contributed by atoms with Gasteiger partial charge in [-0.25, -0.2) is 4.98 Å². The van der Waals surface area contributed by atoms with Gasteiger partial charge in [0.05, 0.1) is 13.3 Å². The molecule has 1 aromatic heterocycles. The van der Waals surface area contributed by atoms with E-state index in [-0.39, 0.29) is 6.04 Å². The van der Waals surface area contributed by atoms with Gasteiger partial charge in [0, 0.05) is 11.8 Å². The van der Waals surface area contributed by atoms with Gasteiger partial charge >= 0.3 is 0 Å². The molecule has 0 spiro atoms. The van der Waals surface area contributed by atoms with Crippen LogP contribution in [0.4, 0.5) is 0 Å². The Bertz CT molecular complexity index is 474. The van der Waals surface area contributed by atoms with Crippen LogP contribution in [0.2, 0.25) is 0 Å². The molecule has 4 nitrogen and oxygen atoms in total. The second kappa shape index (κ2) is 6.47. The summed E-state index contributed by atoms with van der Waals surface area (Å²) in [5.41, 5.74) is 1.19. The van der Waals surface area contributed by atoms with Crippen LogP contribution in [-0.4, -0.2) is 24.9 Å². The van der Waals surface area contributed by atoms with E-state index in [1.54, 1.807) is 31.3 Å². The van der Waals surface area contributed by atoms with E-state index in [0.717, 1.165) is 11.5 Å². The van der Waals surface area contributed by atoms with Crippen molar-refractivity contribution in [3.8, 4) is 5.75 Å². The largest absolute Gasteiger partial charge is 0.497 e. The van der Waals surface area contributed by atoms with Crippen LogP contribution in [0, 0.1) is 0 Å². The van der Waals surface area contributed by atoms with Gasteiger partial charge in [0.1, 0.15) is 12.0 Å². The minimum Gasteiger partial charge on any atom is -0.497 e. The number of aromatic nitrogens is 1. The SMILES string of the molecule is CNC(CSc1ncco1)c1cccc(OC)c1. The third kappa shape index (κ3) is 3.27. The Morgan fingerprint density at radius 2 is 2.39 bits per heavy atom. The number of benzene rings is 1. The van der Waals surface area contributed by atoms with Crippen LogP contribution < -0.4 is 10.1 Å². The van der Waals surface area contributed by atoms with E-state index in [1.807, 2.05) is 25.2 Å². The van der Waals surface area contributed by atoms with Crippen molar-refractivity contribution in [1.82, 2.24) is 10.3 Å². The van der Waals surface area contributed by atoms with Crippen molar-refractivity contribution in [2.45, 2.75) is 11.3 Å². The second-order valence-electron chi connectivity index (χ2n) is 3.73. The molecule has 2 rings (SSSR count). The highest BCUT2D eigenvalue weighted by atomic mass is 32.2.